The van der Waals surface area contributed by atoms with E-state index >= 15 is 0 Å². The van der Waals surface area contributed by atoms with Gasteiger partial charge in [-0.05, 0) is 63.8 Å². The van der Waals surface area contributed by atoms with Gasteiger partial charge in [0.2, 0.25) is 15.9 Å². The van der Waals surface area contributed by atoms with Crippen molar-refractivity contribution in [3.05, 3.63) is 30.1 Å². The molecule has 8 heteroatoms. The van der Waals surface area contributed by atoms with Crippen molar-refractivity contribution in [1.82, 2.24) is 14.1 Å². The van der Waals surface area contributed by atoms with Gasteiger partial charge in [0.15, 0.2) is 0 Å². The lowest BCUT2D eigenvalue weighted by atomic mass is 9.94. The highest BCUT2D eigenvalue weighted by atomic mass is 32.2. The second-order valence-corrected chi connectivity index (χ2v) is 10.4. The molecule has 29 heavy (non-hydrogen) atoms. The Bertz CT molecular complexity index is 797. The summed E-state index contributed by atoms with van der Waals surface area (Å²) in [5.41, 5.74) is 0. The number of benzene rings is 1. The van der Waals surface area contributed by atoms with Crippen LogP contribution in [-0.2, 0) is 14.8 Å². The molecule has 1 aromatic carbocycles. The van der Waals surface area contributed by atoms with Crippen molar-refractivity contribution in [3.8, 4) is 0 Å². The first-order valence-corrected chi connectivity index (χ1v) is 11.9. The molecule has 0 radical (unpaired) electrons. The number of likely N-dealkylation sites (tertiary alicyclic amines) is 1. The van der Waals surface area contributed by atoms with Crippen LogP contribution in [0.15, 0.2) is 29.2 Å². The van der Waals surface area contributed by atoms with Crippen molar-refractivity contribution in [2.45, 2.75) is 56.5 Å². The lowest BCUT2D eigenvalue weighted by molar-refractivity contribution is -0.138. The van der Waals surface area contributed by atoms with Gasteiger partial charge in [-0.15, -0.1) is 0 Å². The molecule has 0 aliphatic carbocycles. The molecule has 1 amide bonds. The molecule has 0 saturated carbocycles. The molecule has 0 atom stereocenters. The largest absolute Gasteiger partial charge is 0.342 e. The molecule has 2 aliphatic rings. The van der Waals surface area contributed by atoms with Gasteiger partial charge in [0, 0.05) is 51.2 Å². The lowest BCUT2D eigenvalue weighted by Crippen LogP contribution is -2.50. The summed E-state index contributed by atoms with van der Waals surface area (Å²) < 4.78 is 40.0. The number of piperidine rings is 2. The smallest absolute Gasteiger partial charge is 0.243 e. The van der Waals surface area contributed by atoms with E-state index in [9.17, 15) is 17.6 Å². The zero-order chi connectivity index (χ0) is 21.2. The van der Waals surface area contributed by atoms with Crippen LogP contribution in [0.1, 0.15) is 39.5 Å². The summed E-state index contributed by atoms with van der Waals surface area (Å²) in [5, 5.41) is 0. The van der Waals surface area contributed by atoms with Crippen LogP contribution in [0.5, 0.6) is 0 Å². The number of carbonyl (C=O) groups excluding carboxylic acids is 1. The van der Waals surface area contributed by atoms with E-state index in [-0.39, 0.29) is 22.8 Å². The van der Waals surface area contributed by atoms with Gasteiger partial charge in [0.25, 0.3) is 0 Å². The first-order chi connectivity index (χ1) is 13.7. The van der Waals surface area contributed by atoms with E-state index in [4.69, 9.17) is 0 Å². The molecule has 0 aromatic heterocycles. The van der Waals surface area contributed by atoms with Crippen LogP contribution < -0.4 is 0 Å². The second kappa shape index (κ2) is 9.10. The normalized spacial score (nSPS) is 20.9. The Morgan fingerprint density at radius 3 is 2.10 bits per heavy atom. The molecule has 2 aliphatic heterocycles. The summed E-state index contributed by atoms with van der Waals surface area (Å²) in [7, 11) is -1.76. The molecule has 2 saturated heterocycles. The average Bonchev–Trinajstić information content (AvgIpc) is 2.73. The zero-order valence-corrected chi connectivity index (χ0v) is 18.4. The highest BCUT2D eigenvalue weighted by Gasteiger charge is 2.35. The fraction of sp³-hybridized carbons (Fsp3) is 0.667. The number of amides is 1. The standard InChI is InChI=1S/C21H32FN3O3S/c1-16(2)24-12-10-19(11-13-24)23(3)21(26)17-8-14-25(15-9-17)29(27,28)20-6-4-18(22)5-7-20/h4-7,16-17,19H,8-15H2,1-3H3. The maximum atomic E-state index is 13.1. The van der Waals surface area contributed by atoms with Crippen molar-refractivity contribution in [1.29, 1.82) is 0 Å². The fourth-order valence-corrected chi connectivity index (χ4v) is 5.83. The topological polar surface area (TPSA) is 60.9 Å². The fourth-order valence-electron chi connectivity index (χ4n) is 4.36. The molecule has 3 rings (SSSR count). The maximum absolute atomic E-state index is 13.1. The lowest BCUT2D eigenvalue weighted by Gasteiger charge is -2.40. The quantitative estimate of drug-likeness (QED) is 0.728. The van der Waals surface area contributed by atoms with Gasteiger partial charge < -0.3 is 9.80 Å². The number of rotatable bonds is 5. The molecular weight excluding hydrogens is 393 g/mol. The molecule has 0 spiro atoms. The molecule has 2 heterocycles. The Hall–Kier alpha value is -1.51. The van der Waals surface area contributed by atoms with E-state index in [1.807, 2.05) is 11.9 Å². The molecular formula is C21H32FN3O3S. The number of hydrogen-bond donors (Lipinski definition) is 0. The highest BCUT2D eigenvalue weighted by molar-refractivity contribution is 7.89. The molecule has 0 bridgehead atoms. The SMILES string of the molecule is CC(C)N1CCC(N(C)C(=O)C2CCN(S(=O)(=O)c3ccc(F)cc3)CC2)CC1. The van der Waals surface area contributed by atoms with Gasteiger partial charge in [-0.25, -0.2) is 12.8 Å². The van der Waals surface area contributed by atoms with Gasteiger partial charge in [0.05, 0.1) is 4.90 Å². The van der Waals surface area contributed by atoms with E-state index in [1.165, 1.54) is 16.4 Å². The molecule has 0 N–H and O–H groups in total. The second-order valence-electron chi connectivity index (χ2n) is 8.44. The van der Waals surface area contributed by atoms with E-state index in [0.717, 1.165) is 38.1 Å². The molecule has 2 fully saturated rings. The number of nitrogens with zero attached hydrogens (tertiary/aromatic N) is 3. The van der Waals surface area contributed by atoms with Gasteiger partial charge in [-0.1, -0.05) is 0 Å². The van der Waals surface area contributed by atoms with Crippen molar-refractivity contribution in [2.75, 3.05) is 33.2 Å². The molecule has 0 unspecified atom stereocenters. The van der Waals surface area contributed by atoms with Crippen molar-refractivity contribution < 1.29 is 17.6 Å². The van der Waals surface area contributed by atoms with Gasteiger partial charge >= 0.3 is 0 Å². The van der Waals surface area contributed by atoms with Crippen molar-refractivity contribution in [2.24, 2.45) is 5.92 Å². The molecule has 1 aromatic rings. The highest BCUT2D eigenvalue weighted by Crippen LogP contribution is 2.27. The zero-order valence-electron chi connectivity index (χ0n) is 17.6. The monoisotopic (exact) mass is 425 g/mol. The van der Waals surface area contributed by atoms with Crippen LogP contribution >= 0.6 is 0 Å². The van der Waals surface area contributed by atoms with Gasteiger partial charge in [0.1, 0.15) is 5.82 Å². The van der Waals surface area contributed by atoms with Crippen molar-refractivity contribution >= 4 is 15.9 Å². The summed E-state index contributed by atoms with van der Waals surface area (Å²) in [6.45, 7) is 7.04. The predicted octanol–water partition coefficient (Wildman–Crippen LogP) is 2.56. The van der Waals surface area contributed by atoms with E-state index in [0.29, 0.717) is 32.0 Å². The summed E-state index contributed by atoms with van der Waals surface area (Å²) in [6.07, 6.45) is 3.01. The van der Waals surface area contributed by atoms with Crippen LogP contribution in [-0.4, -0.2) is 73.7 Å². The Balaban J connectivity index is 1.55. The third-order valence-electron chi connectivity index (χ3n) is 6.38. The number of sulfonamides is 1. The van der Waals surface area contributed by atoms with Gasteiger partial charge in [-0.2, -0.15) is 4.31 Å². The van der Waals surface area contributed by atoms with Crippen LogP contribution in [0, 0.1) is 11.7 Å². The van der Waals surface area contributed by atoms with E-state index < -0.39 is 15.8 Å². The first kappa shape index (κ1) is 22.2. The van der Waals surface area contributed by atoms with E-state index in [2.05, 4.69) is 18.7 Å². The van der Waals surface area contributed by atoms with Gasteiger partial charge in [-0.3, -0.25) is 4.79 Å². The van der Waals surface area contributed by atoms with Crippen molar-refractivity contribution in [3.63, 3.8) is 0 Å². The number of halogens is 1. The number of carbonyl (C=O) groups is 1. The van der Waals surface area contributed by atoms with Crippen LogP contribution in [0.25, 0.3) is 0 Å². The number of hydrogen-bond acceptors (Lipinski definition) is 4. The minimum atomic E-state index is -3.65. The Morgan fingerprint density at radius 1 is 1.03 bits per heavy atom. The van der Waals surface area contributed by atoms with Crippen LogP contribution in [0.4, 0.5) is 4.39 Å². The summed E-state index contributed by atoms with van der Waals surface area (Å²) in [5.74, 6) is -0.467. The minimum absolute atomic E-state index is 0.0951. The average molecular weight is 426 g/mol. The summed E-state index contributed by atoms with van der Waals surface area (Å²) in [4.78, 5) is 17.4. The Kier molecular flexibility index (Phi) is 6.96. The third kappa shape index (κ3) is 4.98. The van der Waals surface area contributed by atoms with Crippen LogP contribution in [0.3, 0.4) is 0 Å². The van der Waals surface area contributed by atoms with E-state index in [1.54, 1.807) is 0 Å². The Labute approximate surface area is 173 Å². The summed E-state index contributed by atoms with van der Waals surface area (Å²) >= 11 is 0. The molecule has 6 nitrogen and oxygen atoms in total. The first-order valence-electron chi connectivity index (χ1n) is 10.5. The predicted molar refractivity (Wildman–Crippen MR) is 110 cm³/mol. The maximum Gasteiger partial charge on any atom is 0.243 e. The minimum Gasteiger partial charge on any atom is -0.342 e. The Morgan fingerprint density at radius 2 is 1.59 bits per heavy atom. The molecule has 162 valence electrons. The van der Waals surface area contributed by atoms with Crippen LogP contribution in [0.2, 0.25) is 0 Å². The third-order valence-corrected chi connectivity index (χ3v) is 8.29. The summed E-state index contributed by atoms with van der Waals surface area (Å²) in [6, 6.07) is 5.69.